The van der Waals surface area contributed by atoms with Gasteiger partial charge in [0.2, 0.25) is 0 Å². The monoisotopic (exact) mass is 328 g/mol. The summed E-state index contributed by atoms with van der Waals surface area (Å²) in [6.45, 7) is 4.37. The lowest BCUT2D eigenvalue weighted by Crippen LogP contribution is -2.45. The molecule has 3 nitrogen and oxygen atoms in total. The van der Waals surface area contributed by atoms with Crippen molar-refractivity contribution in [2.24, 2.45) is 22.7 Å². The Bertz CT molecular complexity index is 669. The maximum atomic E-state index is 11.9. The molecule has 3 heteroatoms. The minimum absolute atomic E-state index is 0.0900. The largest absolute Gasteiger partial charge is 0.395 e. The van der Waals surface area contributed by atoms with Gasteiger partial charge in [0.15, 0.2) is 5.78 Å². The van der Waals surface area contributed by atoms with Crippen molar-refractivity contribution in [3.8, 4) is 0 Å². The third kappa shape index (κ3) is 2.01. The smallest absolute Gasteiger partial charge is 0.156 e. The first-order chi connectivity index (χ1) is 11.4. The second-order valence-electron chi connectivity index (χ2n) is 8.54. The van der Waals surface area contributed by atoms with Gasteiger partial charge in [-0.3, -0.25) is 4.79 Å². The maximum absolute atomic E-state index is 11.9. The molecule has 1 saturated carbocycles. The molecule has 0 amide bonds. The Hall–Kier alpha value is -1.19. The fraction of sp³-hybridized carbons (Fsp3) is 0.667. The van der Waals surface area contributed by atoms with Gasteiger partial charge in [0.05, 0.1) is 12.7 Å². The molecule has 0 spiro atoms. The van der Waals surface area contributed by atoms with Gasteiger partial charge in [-0.25, -0.2) is 0 Å². The number of hydrogen-bond acceptors (Lipinski definition) is 3. The summed E-state index contributed by atoms with van der Waals surface area (Å²) < 4.78 is 0. The van der Waals surface area contributed by atoms with E-state index in [-0.39, 0.29) is 29.3 Å². The average molecular weight is 328 g/mol. The van der Waals surface area contributed by atoms with Crippen LogP contribution in [0.3, 0.4) is 0 Å². The zero-order valence-corrected chi connectivity index (χ0v) is 14.7. The van der Waals surface area contributed by atoms with Gasteiger partial charge in [-0.2, -0.15) is 0 Å². The third-order valence-corrected chi connectivity index (χ3v) is 7.57. The molecule has 24 heavy (non-hydrogen) atoms. The van der Waals surface area contributed by atoms with Crippen LogP contribution in [0.2, 0.25) is 0 Å². The first kappa shape index (κ1) is 16.3. The van der Waals surface area contributed by atoms with Gasteiger partial charge < -0.3 is 10.2 Å². The standard InChI is InChI=1S/C21H28O3/c1-13(23)17-5-6-18-16-4-3-14-11-15(24)7-10-21(14,12-22)19(16)8-9-20(17,18)2/h3-4,11,13,17,19,22-23H,5-10,12H2,1-2H3/t13-,17+,19-,20+,21+/m0/s1. The Morgan fingerprint density at radius 3 is 2.75 bits per heavy atom. The van der Waals surface area contributed by atoms with Crippen molar-refractivity contribution in [2.75, 3.05) is 6.61 Å². The molecule has 0 bridgehead atoms. The minimum Gasteiger partial charge on any atom is -0.395 e. The molecule has 5 atom stereocenters. The Kier molecular flexibility index (Phi) is 3.67. The molecule has 0 unspecified atom stereocenters. The predicted octanol–water partition coefficient (Wildman–Crippen LogP) is 3.33. The minimum atomic E-state index is -0.271. The molecule has 0 aliphatic heterocycles. The summed E-state index contributed by atoms with van der Waals surface area (Å²) in [5, 5.41) is 20.5. The lowest BCUT2D eigenvalue weighted by Gasteiger charge is -2.51. The normalized spacial score (nSPS) is 42.3. The number of carbonyl (C=O) groups is 1. The molecule has 0 heterocycles. The highest BCUT2D eigenvalue weighted by atomic mass is 16.3. The van der Waals surface area contributed by atoms with Crippen LogP contribution in [0.4, 0.5) is 0 Å². The van der Waals surface area contributed by atoms with Gasteiger partial charge in [-0.1, -0.05) is 24.6 Å². The first-order valence-corrected chi connectivity index (χ1v) is 9.38. The molecule has 0 radical (unpaired) electrons. The van der Waals surface area contributed by atoms with E-state index in [1.54, 1.807) is 6.08 Å². The summed E-state index contributed by atoms with van der Waals surface area (Å²) in [5.41, 5.74) is 3.75. The topological polar surface area (TPSA) is 57.5 Å². The number of hydrogen-bond donors (Lipinski definition) is 2. The number of allylic oxidation sites excluding steroid dienone is 5. The summed E-state index contributed by atoms with van der Waals surface area (Å²) in [4.78, 5) is 11.9. The molecule has 4 rings (SSSR count). The Morgan fingerprint density at radius 1 is 1.25 bits per heavy atom. The van der Waals surface area contributed by atoms with Crippen molar-refractivity contribution in [3.05, 3.63) is 34.9 Å². The third-order valence-electron chi connectivity index (χ3n) is 7.57. The van der Waals surface area contributed by atoms with E-state index >= 15 is 0 Å². The summed E-state index contributed by atoms with van der Waals surface area (Å²) in [6.07, 6.45) is 11.3. The lowest BCUT2D eigenvalue weighted by molar-refractivity contribution is -0.116. The van der Waals surface area contributed by atoms with E-state index in [1.807, 2.05) is 6.92 Å². The van der Waals surface area contributed by atoms with Gasteiger partial charge in [0.25, 0.3) is 0 Å². The van der Waals surface area contributed by atoms with E-state index in [2.05, 4.69) is 19.1 Å². The van der Waals surface area contributed by atoms with E-state index < -0.39 is 0 Å². The van der Waals surface area contributed by atoms with Crippen LogP contribution in [-0.4, -0.2) is 28.7 Å². The number of aliphatic hydroxyl groups excluding tert-OH is 2. The van der Waals surface area contributed by atoms with E-state index in [4.69, 9.17) is 0 Å². The van der Waals surface area contributed by atoms with Gasteiger partial charge >= 0.3 is 0 Å². The average Bonchev–Trinajstić information content (AvgIpc) is 2.91. The molecule has 0 aromatic carbocycles. The molecule has 0 aromatic heterocycles. The van der Waals surface area contributed by atoms with Crippen LogP contribution in [0.15, 0.2) is 34.9 Å². The molecule has 4 aliphatic carbocycles. The van der Waals surface area contributed by atoms with Crippen LogP contribution in [0.1, 0.15) is 52.4 Å². The van der Waals surface area contributed by atoms with E-state index in [0.29, 0.717) is 18.3 Å². The fourth-order valence-corrected chi connectivity index (χ4v) is 6.24. The summed E-state index contributed by atoms with van der Waals surface area (Å²) in [5.74, 6) is 0.845. The zero-order chi connectivity index (χ0) is 17.1. The molecule has 130 valence electrons. The maximum Gasteiger partial charge on any atom is 0.156 e. The molecular weight excluding hydrogens is 300 g/mol. The number of fused-ring (bicyclic) bond motifs is 4. The summed E-state index contributed by atoms with van der Waals surface area (Å²) in [7, 11) is 0. The predicted molar refractivity (Wildman–Crippen MR) is 93.2 cm³/mol. The van der Waals surface area contributed by atoms with Crippen LogP contribution in [-0.2, 0) is 4.79 Å². The van der Waals surface area contributed by atoms with Crippen molar-refractivity contribution in [1.29, 1.82) is 0 Å². The van der Waals surface area contributed by atoms with Gasteiger partial charge in [0, 0.05) is 11.8 Å². The SMILES string of the molecule is C[C@H](O)[C@H]1CCC2=C3C=CC4=CC(=O)CC[C@]4(CO)[C@H]3CC[C@@]21C. The highest BCUT2D eigenvalue weighted by molar-refractivity contribution is 5.92. The quantitative estimate of drug-likeness (QED) is 0.817. The second-order valence-corrected chi connectivity index (χ2v) is 8.54. The molecule has 0 saturated heterocycles. The molecule has 0 aromatic rings. The van der Waals surface area contributed by atoms with Gasteiger partial charge in [0.1, 0.15) is 0 Å². The van der Waals surface area contributed by atoms with Crippen LogP contribution in [0.25, 0.3) is 0 Å². The van der Waals surface area contributed by atoms with Crippen LogP contribution in [0.5, 0.6) is 0 Å². The van der Waals surface area contributed by atoms with E-state index in [1.165, 1.54) is 11.1 Å². The fourth-order valence-electron chi connectivity index (χ4n) is 6.24. The van der Waals surface area contributed by atoms with Gasteiger partial charge in [-0.15, -0.1) is 0 Å². The molecule has 2 N–H and O–H groups in total. The molecule has 1 fully saturated rings. The van der Waals surface area contributed by atoms with Crippen molar-refractivity contribution in [3.63, 3.8) is 0 Å². The number of rotatable bonds is 2. The Morgan fingerprint density at radius 2 is 2.04 bits per heavy atom. The number of ketones is 1. The molecule has 4 aliphatic rings. The van der Waals surface area contributed by atoms with E-state index in [0.717, 1.165) is 37.7 Å². The van der Waals surface area contributed by atoms with Crippen molar-refractivity contribution < 1.29 is 15.0 Å². The first-order valence-electron chi connectivity index (χ1n) is 9.38. The highest BCUT2D eigenvalue weighted by Crippen LogP contribution is 2.62. The highest BCUT2D eigenvalue weighted by Gasteiger charge is 2.54. The Labute approximate surface area is 144 Å². The zero-order valence-electron chi connectivity index (χ0n) is 14.7. The van der Waals surface area contributed by atoms with Crippen molar-refractivity contribution in [1.82, 2.24) is 0 Å². The molecular formula is C21H28O3. The van der Waals surface area contributed by atoms with Gasteiger partial charge in [-0.05, 0) is 73.5 Å². The second kappa shape index (κ2) is 5.40. The summed E-state index contributed by atoms with van der Waals surface area (Å²) in [6, 6.07) is 0. The van der Waals surface area contributed by atoms with Crippen molar-refractivity contribution in [2.45, 2.75) is 58.5 Å². The summed E-state index contributed by atoms with van der Waals surface area (Å²) >= 11 is 0. The van der Waals surface area contributed by atoms with Crippen LogP contribution < -0.4 is 0 Å². The van der Waals surface area contributed by atoms with Crippen molar-refractivity contribution >= 4 is 5.78 Å². The number of aliphatic hydroxyl groups is 2. The Balaban J connectivity index is 1.84. The van der Waals surface area contributed by atoms with E-state index in [9.17, 15) is 15.0 Å². The number of carbonyl (C=O) groups excluding carboxylic acids is 1. The van der Waals surface area contributed by atoms with Crippen LogP contribution >= 0.6 is 0 Å². The lowest BCUT2D eigenvalue weighted by atomic mass is 9.53. The van der Waals surface area contributed by atoms with Crippen LogP contribution in [0, 0.1) is 22.7 Å².